The number of benzene rings is 1. The topological polar surface area (TPSA) is 92.9 Å². The predicted molar refractivity (Wildman–Crippen MR) is 124 cm³/mol. The Morgan fingerprint density at radius 1 is 1.19 bits per heavy atom. The van der Waals surface area contributed by atoms with E-state index in [0.717, 1.165) is 24.3 Å². The summed E-state index contributed by atoms with van der Waals surface area (Å²) in [5, 5.41) is 2.86. The predicted octanol–water partition coefficient (Wildman–Crippen LogP) is 2.81. The number of rotatable bonds is 5. The minimum absolute atomic E-state index is 0.139. The van der Waals surface area contributed by atoms with Gasteiger partial charge in [-0.2, -0.15) is 0 Å². The molecule has 0 radical (unpaired) electrons. The highest BCUT2D eigenvalue weighted by atomic mass is 79.9. The van der Waals surface area contributed by atoms with Crippen LogP contribution in [-0.2, 0) is 11.3 Å². The van der Waals surface area contributed by atoms with Gasteiger partial charge >= 0.3 is 0 Å². The van der Waals surface area contributed by atoms with Crippen LogP contribution in [0.2, 0.25) is 0 Å². The van der Waals surface area contributed by atoms with Crippen molar-refractivity contribution >= 4 is 21.8 Å². The van der Waals surface area contributed by atoms with Crippen molar-refractivity contribution in [3.05, 3.63) is 54.9 Å². The van der Waals surface area contributed by atoms with Gasteiger partial charge in [-0.05, 0) is 54.4 Å². The van der Waals surface area contributed by atoms with Crippen molar-refractivity contribution in [2.75, 3.05) is 32.8 Å². The van der Waals surface area contributed by atoms with E-state index in [0.29, 0.717) is 52.4 Å². The SMILES string of the molecule is Cc1cc(C)c(CNC(=O)c2cc(Br)c3c(c2C)O[C@@](C)(CN2CCOCC2)O3)c(=O)[nH]1. The number of aromatic nitrogens is 1. The highest BCUT2D eigenvalue weighted by Gasteiger charge is 2.41. The largest absolute Gasteiger partial charge is 0.447 e. The van der Waals surface area contributed by atoms with Crippen LogP contribution >= 0.6 is 15.9 Å². The lowest BCUT2D eigenvalue weighted by Crippen LogP contribution is -2.50. The van der Waals surface area contributed by atoms with Crippen LogP contribution in [0.25, 0.3) is 0 Å². The molecule has 1 aromatic carbocycles. The van der Waals surface area contributed by atoms with Gasteiger partial charge in [-0.15, -0.1) is 0 Å². The molecule has 0 bridgehead atoms. The highest BCUT2D eigenvalue weighted by molar-refractivity contribution is 9.10. The van der Waals surface area contributed by atoms with Gasteiger partial charge in [0.1, 0.15) is 0 Å². The van der Waals surface area contributed by atoms with E-state index < -0.39 is 5.79 Å². The van der Waals surface area contributed by atoms with E-state index in [4.69, 9.17) is 14.2 Å². The van der Waals surface area contributed by atoms with Crippen molar-refractivity contribution in [2.45, 2.75) is 40.0 Å². The van der Waals surface area contributed by atoms with Gasteiger partial charge in [-0.3, -0.25) is 14.5 Å². The fraction of sp³-hybridized carbons (Fsp3) is 0.478. The Labute approximate surface area is 195 Å². The third kappa shape index (κ3) is 4.55. The molecule has 1 atom stereocenters. The lowest BCUT2D eigenvalue weighted by atomic mass is 10.1. The summed E-state index contributed by atoms with van der Waals surface area (Å²) < 4.78 is 18.5. The second kappa shape index (κ2) is 8.88. The first-order valence-electron chi connectivity index (χ1n) is 10.7. The Kier molecular flexibility index (Phi) is 6.33. The number of halogens is 1. The lowest BCUT2D eigenvalue weighted by molar-refractivity contribution is -0.0976. The summed E-state index contributed by atoms with van der Waals surface area (Å²) in [4.78, 5) is 30.3. The number of aryl methyl sites for hydroxylation is 2. The van der Waals surface area contributed by atoms with E-state index in [-0.39, 0.29) is 18.0 Å². The molecule has 0 saturated carbocycles. The molecular weight excluding hydrogens is 478 g/mol. The number of morpholine rings is 1. The van der Waals surface area contributed by atoms with E-state index in [1.807, 2.05) is 33.8 Å². The van der Waals surface area contributed by atoms with Crippen LogP contribution in [0.1, 0.15) is 39.7 Å². The molecule has 2 aliphatic rings. The molecule has 32 heavy (non-hydrogen) atoms. The van der Waals surface area contributed by atoms with E-state index in [9.17, 15) is 9.59 Å². The van der Waals surface area contributed by atoms with Gasteiger partial charge in [0.2, 0.25) is 0 Å². The molecule has 0 unspecified atom stereocenters. The molecule has 2 N–H and O–H groups in total. The highest BCUT2D eigenvalue weighted by Crippen LogP contribution is 2.48. The number of hydrogen-bond acceptors (Lipinski definition) is 6. The molecule has 0 aliphatic carbocycles. The molecule has 0 spiro atoms. The quantitative estimate of drug-likeness (QED) is 0.648. The van der Waals surface area contributed by atoms with Crippen molar-refractivity contribution in [1.29, 1.82) is 0 Å². The minimum Gasteiger partial charge on any atom is -0.447 e. The van der Waals surface area contributed by atoms with Crippen molar-refractivity contribution in [1.82, 2.24) is 15.2 Å². The molecule has 9 heteroatoms. The normalized spacial score (nSPS) is 20.4. The Balaban J connectivity index is 1.52. The number of carbonyl (C=O) groups is 1. The maximum absolute atomic E-state index is 13.0. The van der Waals surface area contributed by atoms with Crippen molar-refractivity contribution in [2.24, 2.45) is 0 Å². The molecule has 1 aromatic heterocycles. The van der Waals surface area contributed by atoms with Gasteiger partial charge < -0.3 is 24.5 Å². The molecule has 3 heterocycles. The van der Waals surface area contributed by atoms with E-state index >= 15 is 0 Å². The Bertz CT molecular complexity index is 1110. The van der Waals surface area contributed by atoms with Gasteiger partial charge in [0.05, 0.1) is 24.2 Å². The molecule has 8 nitrogen and oxygen atoms in total. The zero-order valence-corrected chi connectivity index (χ0v) is 20.3. The van der Waals surface area contributed by atoms with Crippen LogP contribution in [-0.4, -0.2) is 54.4 Å². The van der Waals surface area contributed by atoms with Crippen molar-refractivity contribution in [3.63, 3.8) is 0 Å². The summed E-state index contributed by atoms with van der Waals surface area (Å²) in [6, 6.07) is 3.63. The van der Waals surface area contributed by atoms with Crippen molar-refractivity contribution < 1.29 is 19.0 Å². The maximum atomic E-state index is 13.0. The molecule has 1 fully saturated rings. The minimum atomic E-state index is -0.853. The van der Waals surface area contributed by atoms with Gasteiger partial charge in [0.25, 0.3) is 17.3 Å². The molecule has 172 valence electrons. The van der Waals surface area contributed by atoms with Gasteiger partial charge in [-0.1, -0.05) is 0 Å². The molecule has 4 rings (SSSR count). The van der Waals surface area contributed by atoms with Crippen LogP contribution in [0.15, 0.2) is 21.4 Å². The first-order chi connectivity index (χ1) is 15.2. The molecule has 1 saturated heterocycles. The standard InChI is InChI=1S/C23H28BrN3O5/c1-13-9-14(2)26-22(29)17(13)11-25-21(28)16-10-18(24)20-19(15(16)3)31-23(4,32-20)12-27-5-7-30-8-6-27/h9-10H,5-8,11-12H2,1-4H3,(H,25,28)(H,26,29)/t23-/m1/s1. The molecule has 2 aromatic rings. The maximum Gasteiger partial charge on any atom is 0.261 e. The summed E-state index contributed by atoms with van der Waals surface area (Å²) in [7, 11) is 0. The average Bonchev–Trinajstić information content (AvgIpc) is 3.08. The summed E-state index contributed by atoms with van der Waals surface area (Å²) in [5.41, 5.74) is 3.15. The number of aromatic amines is 1. The van der Waals surface area contributed by atoms with Crippen LogP contribution in [0.3, 0.4) is 0 Å². The number of H-pyrrole nitrogens is 1. The first-order valence-corrected chi connectivity index (χ1v) is 11.4. The number of ether oxygens (including phenoxy) is 3. The number of pyridine rings is 1. The number of nitrogens with one attached hydrogen (secondary N) is 2. The number of carbonyl (C=O) groups excluding carboxylic acids is 1. The van der Waals surface area contributed by atoms with Crippen LogP contribution in [0.5, 0.6) is 11.5 Å². The summed E-state index contributed by atoms with van der Waals surface area (Å²) in [6.07, 6.45) is 0. The van der Waals surface area contributed by atoms with Gasteiger partial charge in [0.15, 0.2) is 11.5 Å². The second-order valence-corrected chi connectivity index (χ2v) is 9.40. The number of fused-ring (bicyclic) bond motifs is 1. The van der Waals surface area contributed by atoms with Gasteiger partial charge in [-0.25, -0.2) is 0 Å². The molecule has 1 amide bonds. The second-order valence-electron chi connectivity index (χ2n) is 8.54. The third-order valence-corrected chi connectivity index (χ3v) is 6.44. The fourth-order valence-electron chi connectivity index (χ4n) is 4.20. The monoisotopic (exact) mass is 505 g/mol. The molecular formula is C23H28BrN3O5. The first kappa shape index (κ1) is 22.8. The smallest absolute Gasteiger partial charge is 0.261 e. The van der Waals surface area contributed by atoms with Gasteiger partial charge in [0, 0.05) is 48.9 Å². The summed E-state index contributed by atoms with van der Waals surface area (Å²) >= 11 is 3.53. The Morgan fingerprint density at radius 3 is 2.56 bits per heavy atom. The fourth-order valence-corrected chi connectivity index (χ4v) is 4.69. The average molecular weight is 506 g/mol. The van der Waals surface area contributed by atoms with Crippen LogP contribution < -0.4 is 20.3 Å². The number of nitrogens with zero attached hydrogens (tertiary/aromatic N) is 1. The zero-order valence-electron chi connectivity index (χ0n) is 18.8. The van der Waals surface area contributed by atoms with E-state index in [1.165, 1.54) is 0 Å². The van der Waals surface area contributed by atoms with Crippen LogP contribution in [0, 0.1) is 20.8 Å². The van der Waals surface area contributed by atoms with Crippen molar-refractivity contribution in [3.8, 4) is 11.5 Å². The number of amides is 1. The Hall–Kier alpha value is -2.36. The van der Waals surface area contributed by atoms with Crippen LogP contribution in [0.4, 0.5) is 0 Å². The lowest BCUT2D eigenvalue weighted by Gasteiger charge is -2.33. The summed E-state index contributed by atoms with van der Waals surface area (Å²) in [5.74, 6) is 0.0231. The molecule has 2 aliphatic heterocycles. The number of hydrogen-bond donors (Lipinski definition) is 2. The third-order valence-electron chi connectivity index (χ3n) is 5.85. The van der Waals surface area contributed by atoms with E-state index in [1.54, 1.807) is 6.07 Å². The van der Waals surface area contributed by atoms with E-state index in [2.05, 4.69) is 31.1 Å². The Morgan fingerprint density at radius 2 is 1.88 bits per heavy atom. The summed E-state index contributed by atoms with van der Waals surface area (Å²) in [6.45, 7) is 11.2. The zero-order chi connectivity index (χ0) is 23.0.